The van der Waals surface area contributed by atoms with Crippen LogP contribution in [0.4, 0.5) is 0 Å². The van der Waals surface area contributed by atoms with E-state index in [1.54, 1.807) is 0 Å². The van der Waals surface area contributed by atoms with Crippen molar-refractivity contribution in [3.05, 3.63) is 35.4 Å². The largest absolute Gasteiger partial charge is 0.328 e. The highest BCUT2D eigenvalue weighted by Crippen LogP contribution is 2.48. The lowest BCUT2D eigenvalue weighted by Crippen LogP contribution is -2.08. The van der Waals surface area contributed by atoms with Crippen molar-refractivity contribution in [2.45, 2.75) is 46.5 Å². The zero-order valence-electron chi connectivity index (χ0n) is 15.1. The molecule has 2 rings (SSSR count). The van der Waals surface area contributed by atoms with Gasteiger partial charge in [-0.2, -0.15) is 0 Å². The lowest BCUT2D eigenvalue weighted by molar-refractivity contribution is 0.314. The first-order valence-electron chi connectivity index (χ1n) is 9.03. The van der Waals surface area contributed by atoms with Crippen LogP contribution in [0.15, 0.2) is 34.3 Å². The van der Waals surface area contributed by atoms with E-state index in [4.69, 9.17) is 4.52 Å². The molecule has 0 aromatic heterocycles. The van der Waals surface area contributed by atoms with Gasteiger partial charge in [-0.05, 0) is 36.5 Å². The Morgan fingerprint density at radius 1 is 1.21 bits per heavy atom. The van der Waals surface area contributed by atoms with Gasteiger partial charge in [-0.15, -0.1) is 0 Å². The fourth-order valence-electron chi connectivity index (χ4n) is 2.67. The molecule has 0 spiro atoms. The van der Waals surface area contributed by atoms with Crippen LogP contribution in [0.5, 0.6) is 0 Å². The number of hydrogen-bond donors (Lipinski definition) is 0. The SMILES string of the molecule is CCCCP(=O)(CC1=NCC(c2cccc(CC)c2)=N1)OCCC. The Hall–Kier alpha value is -1.25. The zero-order chi connectivity index (χ0) is 17.4. The van der Waals surface area contributed by atoms with Crippen molar-refractivity contribution in [3.8, 4) is 0 Å². The van der Waals surface area contributed by atoms with Crippen molar-refractivity contribution in [1.82, 2.24) is 0 Å². The Kier molecular flexibility index (Phi) is 7.39. The van der Waals surface area contributed by atoms with Gasteiger partial charge in [0.25, 0.3) is 0 Å². The molecule has 0 fully saturated rings. The Labute approximate surface area is 145 Å². The second kappa shape index (κ2) is 9.29. The Balaban J connectivity index is 2.08. The molecule has 132 valence electrons. The van der Waals surface area contributed by atoms with E-state index in [-0.39, 0.29) is 0 Å². The van der Waals surface area contributed by atoms with Crippen LogP contribution in [-0.2, 0) is 15.5 Å². The molecule has 0 radical (unpaired) electrons. The van der Waals surface area contributed by atoms with E-state index in [1.807, 2.05) is 6.92 Å². The topological polar surface area (TPSA) is 51.0 Å². The fourth-order valence-corrected chi connectivity index (χ4v) is 4.96. The van der Waals surface area contributed by atoms with Crippen LogP contribution in [0.2, 0.25) is 0 Å². The normalized spacial score (nSPS) is 16.6. The van der Waals surface area contributed by atoms with Crippen LogP contribution in [0.1, 0.15) is 51.2 Å². The molecule has 24 heavy (non-hydrogen) atoms. The van der Waals surface area contributed by atoms with Gasteiger partial charge in [-0.3, -0.25) is 9.56 Å². The predicted molar refractivity (Wildman–Crippen MR) is 103 cm³/mol. The van der Waals surface area contributed by atoms with Crippen LogP contribution < -0.4 is 0 Å². The Bertz CT molecular complexity index is 641. The van der Waals surface area contributed by atoms with E-state index >= 15 is 0 Å². The fraction of sp³-hybridized carbons (Fsp3) is 0.579. The lowest BCUT2D eigenvalue weighted by atomic mass is 10.1. The summed E-state index contributed by atoms with van der Waals surface area (Å²) in [6.45, 7) is 7.41. The molecule has 5 heteroatoms. The summed E-state index contributed by atoms with van der Waals surface area (Å²) in [5, 5.41) is 0. The summed E-state index contributed by atoms with van der Waals surface area (Å²) >= 11 is 0. The molecule has 1 unspecified atom stereocenters. The van der Waals surface area contributed by atoms with Gasteiger partial charge in [0.2, 0.25) is 7.37 Å². The van der Waals surface area contributed by atoms with Crippen LogP contribution in [-0.4, -0.2) is 37.0 Å². The smallest absolute Gasteiger partial charge is 0.210 e. The summed E-state index contributed by atoms with van der Waals surface area (Å²) in [4.78, 5) is 9.16. The molecule has 1 aromatic carbocycles. The maximum absolute atomic E-state index is 13.1. The second-order valence-corrected chi connectivity index (χ2v) is 8.88. The first-order chi connectivity index (χ1) is 11.6. The van der Waals surface area contributed by atoms with Crippen molar-refractivity contribution < 1.29 is 9.09 Å². The maximum atomic E-state index is 13.1. The number of aliphatic imine (C=N–C) groups is 2. The van der Waals surface area contributed by atoms with Gasteiger partial charge >= 0.3 is 0 Å². The summed E-state index contributed by atoms with van der Waals surface area (Å²) in [6.07, 6.45) is 4.81. The first kappa shape index (κ1) is 19.1. The van der Waals surface area contributed by atoms with Crippen LogP contribution in [0.3, 0.4) is 0 Å². The Morgan fingerprint density at radius 3 is 2.75 bits per heavy atom. The van der Waals surface area contributed by atoms with E-state index in [0.717, 1.165) is 37.0 Å². The molecule has 0 saturated carbocycles. The summed E-state index contributed by atoms with van der Waals surface area (Å²) < 4.78 is 18.8. The summed E-state index contributed by atoms with van der Waals surface area (Å²) in [7, 11) is -2.67. The summed E-state index contributed by atoms with van der Waals surface area (Å²) in [5.41, 5.74) is 3.38. The van der Waals surface area contributed by atoms with Gasteiger partial charge in [0.15, 0.2) is 0 Å². The van der Waals surface area contributed by atoms with E-state index < -0.39 is 7.37 Å². The molecule has 1 aromatic rings. The quantitative estimate of drug-likeness (QED) is 0.561. The number of nitrogens with zero attached hydrogens (tertiary/aromatic N) is 2. The summed E-state index contributed by atoms with van der Waals surface area (Å²) in [6, 6.07) is 8.42. The monoisotopic (exact) mass is 348 g/mol. The molecular weight excluding hydrogens is 319 g/mol. The van der Waals surface area contributed by atoms with Crippen LogP contribution in [0, 0.1) is 0 Å². The highest BCUT2D eigenvalue weighted by molar-refractivity contribution is 7.60. The molecule has 0 bridgehead atoms. The summed E-state index contributed by atoms with van der Waals surface area (Å²) in [5.74, 6) is 0.683. The lowest BCUT2D eigenvalue weighted by Gasteiger charge is -2.17. The van der Waals surface area contributed by atoms with E-state index in [9.17, 15) is 4.57 Å². The molecule has 0 amide bonds. The molecule has 4 nitrogen and oxygen atoms in total. The van der Waals surface area contributed by atoms with Crippen molar-refractivity contribution in [3.63, 3.8) is 0 Å². The second-order valence-electron chi connectivity index (χ2n) is 6.23. The number of benzene rings is 1. The average Bonchev–Trinajstić information content (AvgIpc) is 3.06. The van der Waals surface area contributed by atoms with E-state index in [1.165, 1.54) is 5.56 Å². The molecule has 1 atom stereocenters. The minimum absolute atomic E-state index is 0.365. The van der Waals surface area contributed by atoms with Crippen molar-refractivity contribution in [1.29, 1.82) is 0 Å². The van der Waals surface area contributed by atoms with Crippen LogP contribution >= 0.6 is 7.37 Å². The minimum atomic E-state index is -2.67. The molecule has 1 heterocycles. The number of hydrogen-bond acceptors (Lipinski definition) is 4. The highest BCUT2D eigenvalue weighted by atomic mass is 31.2. The number of aryl methyl sites for hydroxylation is 1. The standard InChI is InChI=1S/C19H29N2O2P/c1-4-7-12-24(22,23-11-5-2)15-19-20-14-18(21-19)17-10-8-9-16(6-3)13-17/h8-10,13H,4-7,11-12,14-15H2,1-3H3. The minimum Gasteiger partial charge on any atom is -0.328 e. The zero-order valence-corrected chi connectivity index (χ0v) is 16.0. The van der Waals surface area contributed by atoms with Crippen LogP contribution in [0.25, 0.3) is 0 Å². The predicted octanol–water partition coefficient (Wildman–Crippen LogP) is 4.96. The molecule has 1 aliphatic heterocycles. The van der Waals surface area contributed by atoms with Gasteiger partial charge in [0.1, 0.15) is 5.84 Å². The van der Waals surface area contributed by atoms with Gasteiger partial charge in [-0.1, -0.05) is 45.4 Å². The van der Waals surface area contributed by atoms with Gasteiger partial charge in [-0.25, -0.2) is 4.99 Å². The molecule has 1 aliphatic rings. The highest BCUT2D eigenvalue weighted by Gasteiger charge is 2.26. The third-order valence-corrected chi connectivity index (χ3v) is 6.52. The van der Waals surface area contributed by atoms with Gasteiger partial charge in [0, 0.05) is 6.16 Å². The van der Waals surface area contributed by atoms with Gasteiger partial charge < -0.3 is 4.52 Å². The maximum Gasteiger partial charge on any atom is 0.210 e. The molecule has 0 saturated heterocycles. The number of amidine groups is 1. The number of unbranched alkanes of at least 4 members (excludes halogenated alkanes) is 1. The molecular formula is C19H29N2O2P. The third kappa shape index (κ3) is 5.39. The van der Waals surface area contributed by atoms with E-state index in [2.05, 4.69) is 48.1 Å². The van der Waals surface area contributed by atoms with Gasteiger partial charge in [0.05, 0.1) is 25.0 Å². The van der Waals surface area contributed by atoms with Crippen molar-refractivity contribution in [2.75, 3.05) is 25.5 Å². The third-order valence-electron chi connectivity index (χ3n) is 4.11. The van der Waals surface area contributed by atoms with E-state index in [0.29, 0.717) is 31.3 Å². The molecule has 0 N–H and O–H groups in total. The number of rotatable bonds is 10. The van der Waals surface area contributed by atoms with Crippen molar-refractivity contribution >= 4 is 18.9 Å². The first-order valence-corrected chi connectivity index (χ1v) is 11.0. The molecule has 0 aliphatic carbocycles. The average molecular weight is 348 g/mol. The Morgan fingerprint density at radius 2 is 2.04 bits per heavy atom. The van der Waals surface area contributed by atoms with Crippen molar-refractivity contribution in [2.24, 2.45) is 9.98 Å².